The normalized spacial score (nSPS) is 16.0. The number of aliphatic carboxylic acids is 1. The number of carbonyl (C=O) groups excluding carboxylic acids is 1. The van der Waals surface area contributed by atoms with Gasteiger partial charge in [0.2, 0.25) is 0 Å². The van der Waals surface area contributed by atoms with Crippen molar-refractivity contribution in [2.24, 2.45) is 11.7 Å². The number of anilines is 1. The minimum absolute atomic E-state index is 0.222. The zero-order chi connectivity index (χ0) is 15.4. The van der Waals surface area contributed by atoms with Gasteiger partial charge in [-0.3, -0.25) is 9.59 Å². The van der Waals surface area contributed by atoms with Gasteiger partial charge < -0.3 is 15.7 Å². The van der Waals surface area contributed by atoms with Gasteiger partial charge in [0.25, 0.3) is 5.91 Å². The number of carbonyl (C=O) groups is 2. The molecule has 0 bridgehead atoms. The first-order valence-corrected chi connectivity index (χ1v) is 7.21. The van der Waals surface area contributed by atoms with Crippen LogP contribution < -0.4 is 10.6 Å². The number of hydrogen-bond acceptors (Lipinski definition) is 4. The molecule has 0 aromatic carbocycles. The number of aromatic nitrogens is 1. The van der Waals surface area contributed by atoms with E-state index in [1.807, 2.05) is 6.92 Å². The summed E-state index contributed by atoms with van der Waals surface area (Å²) in [7, 11) is 0. The summed E-state index contributed by atoms with van der Waals surface area (Å²) in [4.78, 5) is 28.6. The summed E-state index contributed by atoms with van der Waals surface area (Å²) in [5.74, 6) is -0.115. The van der Waals surface area contributed by atoms with E-state index < -0.39 is 11.9 Å². The van der Waals surface area contributed by atoms with Gasteiger partial charge in [0, 0.05) is 25.7 Å². The first-order chi connectivity index (χ1) is 9.99. The Morgan fingerprint density at radius 2 is 2.10 bits per heavy atom. The molecule has 1 aromatic rings. The molecule has 21 heavy (non-hydrogen) atoms. The summed E-state index contributed by atoms with van der Waals surface area (Å²) in [5, 5.41) is 8.73. The maximum atomic E-state index is 11.6. The molecule has 1 fully saturated rings. The number of aryl methyl sites for hydroxylation is 1. The molecule has 1 aliphatic rings. The Morgan fingerprint density at radius 3 is 2.67 bits per heavy atom. The minimum atomic E-state index is -0.742. The number of rotatable bonds is 5. The van der Waals surface area contributed by atoms with Crippen LogP contribution in [0.5, 0.6) is 0 Å². The van der Waals surface area contributed by atoms with Gasteiger partial charge in [0.1, 0.15) is 5.82 Å². The molecule has 0 spiro atoms. The van der Waals surface area contributed by atoms with Gasteiger partial charge in [-0.2, -0.15) is 0 Å². The van der Waals surface area contributed by atoms with Gasteiger partial charge in [0.05, 0.1) is 5.56 Å². The van der Waals surface area contributed by atoms with Gasteiger partial charge >= 0.3 is 5.97 Å². The van der Waals surface area contributed by atoms with Crippen molar-refractivity contribution in [1.82, 2.24) is 4.98 Å². The highest BCUT2D eigenvalue weighted by Gasteiger charge is 2.24. The van der Waals surface area contributed by atoms with E-state index in [0.29, 0.717) is 23.7 Å². The van der Waals surface area contributed by atoms with Gasteiger partial charge in [-0.15, -0.1) is 0 Å². The second-order valence-corrected chi connectivity index (χ2v) is 5.55. The molecule has 1 aliphatic heterocycles. The Morgan fingerprint density at radius 1 is 1.43 bits per heavy atom. The van der Waals surface area contributed by atoms with Gasteiger partial charge in [0.15, 0.2) is 0 Å². The molecule has 0 unspecified atom stereocenters. The van der Waals surface area contributed by atoms with Crippen LogP contribution in [0.2, 0.25) is 0 Å². The highest BCUT2D eigenvalue weighted by Crippen LogP contribution is 2.28. The number of amides is 1. The minimum Gasteiger partial charge on any atom is -0.481 e. The van der Waals surface area contributed by atoms with Crippen molar-refractivity contribution < 1.29 is 14.7 Å². The van der Waals surface area contributed by atoms with Crippen LogP contribution in [0.1, 0.15) is 41.6 Å². The lowest BCUT2D eigenvalue weighted by Crippen LogP contribution is -2.36. The van der Waals surface area contributed by atoms with Crippen LogP contribution in [0.25, 0.3) is 0 Å². The van der Waals surface area contributed by atoms with E-state index >= 15 is 0 Å². The summed E-state index contributed by atoms with van der Waals surface area (Å²) in [5.41, 5.74) is 6.78. The lowest BCUT2D eigenvalue weighted by atomic mass is 9.92. The largest absolute Gasteiger partial charge is 0.481 e. The third-order valence-corrected chi connectivity index (χ3v) is 4.07. The van der Waals surface area contributed by atoms with Crippen molar-refractivity contribution in [3.63, 3.8) is 0 Å². The topological polar surface area (TPSA) is 96.5 Å². The Hall–Kier alpha value is -2.11. The van der Waals surface area contributed by atoms with E-state index in [2.05, 4.69) is 9.88 Å². The first kappa shape index (κ1) is 15.3. The number of nitrogens with zero attached hydrogens (tertiary/aromatic N) is 2. The summed E-state index contributed by atoms with van der Waals surface area (Å²) >= 11 is 0. The smallest absolute Gasteiger partial charge is 0.303 e. The number of carboxylic acid groups (broad SMARTS) is 1. The maximum absolute atomic E-state index is 11.6. The summed E-state index contributed by atoms with van der Waals surface area (Å²) < 4.78 is 0. The highest BCUT2D eigenvalue weighted by atomic mass is 16.4. The molecule has 1 aromatic heterocycles. The molecule has 0 atom stereocenters. The summed E-state index contributed by atoms with van der Waals surface area (Å²) in [6.45, 7) is 3.41. The summed E-state index contributed by atoms with van der Waals surface area (Å²) in [6.07, 6.45) is 4.46. The third kappa shape index (κ3) is 3.71. The zero-order valence-corrected chi connectivity index (χ0v) is 12.2. The average molecular weight is 291 g/mol. The molecule has 2 rings (SSSR count). The van der Waals surface area contributed by atoms with Gasteiger partial charge in [-0.25, -0.2) is 4.98 Å². The fourth-order valence-electron chi connectivity index (χ4n) is 2.85. The number of hydrogen-bond donors (Lipinski definition) is 2. The first-order valence-electron chi connectivity index (χ1n) is 7.21. The molecular formula is C15H21N3O3. The van der Waals surface area contributed by atoms with Crippen LogP contribution in [-0.4, -0.2) is 35.1 Å². The van der Waals surface area contributed by atoms with Crippen molar-refractivity contribution in [3.8, 4) is 0 Å². The van der Waals surface area contributed by atoms with Crippen molar-refractivity contribution in [3.05, 3.63) is 23.4 Å². The van der Waals surface area contributed by atoms with Gasteiger partial charge in [-0.05, 0) is 43.7 Å². The molecular weight excluding hydrogens is 270 g/mol. The maximum Gasteiger partial charge on any atom is 0.303 e. The Balaban J connectivity index is 2.04. The van der Waals surface area contributed by atoms with Crippen LogP contribution in [-0.2, 0) is 4.79 Å². The van der Waals surface area contributed by atoms with Crippen LogP contribution >= 0.6 is 0 Å². The monoisotopic (exact) mass is 291 g/mol. The van der Waals surface area contributed by atoms with Gasteiger partial charge in [-0.1, -0.05) is 0 Å². The lowest BCUT2D eigenvalue weighted by molar-refractivity contribution is -0.137. The van der Waals surface area contributed by atoms with Crippen LogP contribution in [0.3, 0.4) is 0 Å². The molecule has 114 valence electrons. The molecule has 1 saturated heterocycles. The Labute approximate surface area is 124 Å². The third-order valence-electron chi connectivity index (χ3n) is 4.07. The molecule has 6 heteroatoms. The average Bonchev–Trinajstić information content (AvgIpc) is 2.45. The molecule has 0 saturated carbocycles. The molecule has 2 heterocycles. The van der Waals surface area contributed by atoms with Crippen LogP contribution in [0.15, 0.2) is 12.3 Å². The second-order valence-electron chi connectivity index (χ2n) is 5.55. The number of pyridine rings is 1. The fraction of sp³-hybridized carbons (Fsp3) is 0.533. The molecule has 1 amide bonds. The molecule has 0 aliphatic carbocycles. The fourth-order valence-corrected chi connectivity index (χ4v) is 2.85. The number of carboxylic acids is 1. The van der Waals surface area contributed by atoms with E-state index in [1.54, 1.807) is 12.3 Å². The predicted molar refractivity (Wildman–Crippen MR) is 79.3 cm³/mol. The molecule has 6 nitrogen and oxygen atoms in total. The van der Waals surface area contributed by atoms with Crippen molar-refractivity contribution in [1.29, 1.82) is 0 Å². The number of nitrogens with two attached hydrogens (primary N) is 1. The van der Waals surface area contributed by atoms with E-state index in [9.17, 15) is 9.59 Å². The quantitative estimate of drug-likeness (QED) is 0.858. The van der Waals surface area contributed by atoms with E-state index in [-0.39, 0.29) is 6.42 Å². The highest BCUT2D eigenvalue weighted by molar-refractivity contribution is 5.99. The SMILES string of the molecule is Cc1ccnc(N2CCC(CCC(=O)O)CC2)c1C(N)=O. The van der Waals surface area contributed by atoms with Crippen molar-refractivity contribution in [2.75, 3.05) is 18.0 Å². The van der Waals surface area contributed by atoms with E-state index in [4.69, 9.17) is 10.8 Å². The zero-order valence-electron chi connectivity index (χ0n) is 12.2. The Bertz CT molecular complexity index is 537. The number of piperidine rings is 1. The van der Waals surface area contributed by atoms with Crippen molar-refractivity contribution in [2.45, 2.75) is 32.6 Å². The van der Waals surface area contributed by atoms with Crippen LogP contribution in [0, 0.1) is 12.8 Å². The van der Waals surface area contributed by atoms with E-state index in [1.165, 1.54) is 0 Å². The Kier molecular flexibility index (Phi) is 4.77. The van der Waals surface area contributed by atoms with E-state index in [0.717, 1.165) is 31.5 Å². The number of primary amides is 1. The van der Waals surface area contributed by atoms with Crippen molar-refractivity contribution >= 4 is 17.7 Å². The summed E-state index contributed by atoms with van der Waals surface area (Å²) in [6, 6.07) is 1.78. The van der Waals surface area contributed by atoms with Crippen LogP contribution in [0.4, 0.5) is 5.82 Å². The standard InChI is InChI=1S/C15H21N3O3/c1-10-4-7-17-15(13(10)14(16)21)18-8-5-11(6-9-18)2-3-12(19)20/h4,7,11H,2-3,5-6,8-9H2,1H3,(H2,16,21)(H,19,20). The lowest BCUT2D eigenvalue weighted by Gasteiger charge is -2.33. The predicted octanol–water partition coefficient (Wildman–Crippen LogP) is 1.57. The molecule has 3 N–H and O–H groups in total. The molecule has 0 radical (unpaired) electrons. The second kappa shape index (κ2) is 6.56.